The van der Waals surface area contributed by atoms with E-state index >= 15 is 0 Å². The molecule has 0 N–H and O–H groups in total. The van der Waals surface area contributed by atoms with E-state index in [-0.39, 0.29) is 0 Å². The summed E-state index contributed by atoms with van der Waals surface area (Å²) in [6.45, 7) is 8.84. The number of carbonyl (C=O) groups excluding carboxylic acids is 1. The standard InChI is InChI=1S/C17H30O2Si/c1-6-10-11-14-17(15(5)12-13-16(17)18)19-20(7-2,8-3)9-4/h1,15H,7-14H2,2-5H3/t15-,17-/m0/s1. The minimum atomic E-state index is -1.77. The lowest BCUT2D eigenvalue weighted by atomic mass is 9.86. The van der Waals surface area contributed by atoms with Crippen LogP contribution >= 0.6 is 0 Å². The highest BCUT2D eigenvalue weighted by Gasteiger charge is 2.51. The van der Waals surface area contributed by atoms with Crippen LogP contribution in [-0.4, -0.2) is 19.7 Å². The third kappa shape index (κ3) is 3.35. The third-order valence-corrected chi connectivity index (χ3v) is 9.94. The van der Waals surface area contributed by atoms with Gasteiger partial charge in [0.05, 0.1) is 0 Å². The normalized spacial score (nSPS) is 26.8. The molecule has 0 aliphatic heterocycles. The van der Waals surface area contributed by atoms with Crippen LogP contribution in [-0.2, 0) is 9.22 Å². The van der Waals surface area contributed by atoms with Gasteiger partial charge in [0.15, 0.2) is 14.1 Å². The van der Waals surface area contributed by atoms with Crippen molar-refractivity contribution >= 4 is 14.1 Å². The maximum Gasteiger partial charge on any atom is 0.193 e. The van der Waals surface area contributed by atoms with E-state index in [0.29, 0.717) is 18.1 Å². The molecule has 1 rings (SSSR count). The van der Waals surface area contributed by atoms with Gasteiger partial charge in [-0.3, -0.25) is 4.79 Å². The Morgan fingerprint density at radius 3 is 2.35 bits per heavy atom. The molecule has 0 aromatic carbocycles. The van der Waals surface area contributed by atoms with Gasteiger partial charge in [-0.25, -0.2) is 0 Å². The van der Waals surface area contributed by atoms with Gasteiger partial charge in [0, 0.05) is 12.8 Å². The van der Waals surface area contributed by atoms with Crippen LogP contribution in [0.1, 0.15) is 59.8 Å². The van der Waals surface area contributed by atoms with Crippen LogP contribution in [0.2, 0.25) is 18.1 Å². The molecule has 0 aromatic heterocycles. The number of hydrogen-bond donors (Lipinski definition) is 0. The van der Waals surface area contributed by atoms with E-state index in [2.05, 4.69) is 33.6 Å². The van der Waals surface area contributed by atoms with Gasteiger partial charge in [-0.15, -0.1) is 12.3 Å². The van der Waals surface area contributed by atoms with Crippen LogP contribution in [0.3, 0.4) is 0 Å². The average Bonchev–Trinajstić information content (AvgIpc) is 2.74. The fourth-order valence-electron chi connectivity index (χ4n) is 3.47. The minimum Gasteiger partial charge on any atom is -0.404 e. The largest absolute Gasteiger partial charge is 0.404 e. The number of hydrogen-bond acceptors (Lipinski definition) is 2. The zero-order valence-electron chi connectivity index (χ0n) is 13.6. The number of ketones is 1. The highest BCUT2D eigenvalue weighted by molar-refractivity contribution is 6.73. The Balaban J connectivity index is 2.99. The Bertz CT molecular complexity index is 359. The number of rotatable bonds is 8. The summed E-state index contributed by atoms with van der Waals surface area (Å²) in [7, 11) is -1.77. The smallest absolute Gasteiger partial charge is 0.193 e. The number of unbranched alkanes of at least 4 members (excludes halogenated alkanes) is 1. The molecule has 0 bridgehead atoms. The third-order valence-electron chi connectivity index (χ3n) is 5.27. The molecule has 0 saturated heterocycles. The van der Waals surface area contributed by atoms with Crippen LogP contribution in [0, 0.1) is 18.3 Å². The molecule has 0 aromatic rings. The molecule has 0 heterocycles. The summed E-state index contributed by atoms with van der Waals surface area (Å²) in [5.74, 6) is 3.35. The first-order valence-electron chi connectivity index (χ1n) is 8.17. The van der Waals surface area contributed by atoms with Crippen LogP contribution < -0.4 is 0 Å². The van der Waals surface area contributed by atoms with Gasteiger partial charge >= 0.3 is 0 Å². The van der Waals surface area contributed by atoms with Gasteiger partial charge in [0.25, 0.3) is 0 Å². The second kappa shape index (κ2) is 7.43. The zero-order chi connectivity index (χ0) is 15.2. The lowest BCUT2D eigenvalue weighted by Crippen LogP contribution is -2.52. The van der Waals surface area contributed by atoms with Gasteiger partial charge in [-0.05, 0) is 43.3 Å². The molecule has 1 aliphatic carbocycles. The van der Waals surface area contributed by atoms with Gasteiger partial charge in [-0.1, -0.05) is 27.7 Å². The van der Waals surface area contributed by atoms with E-state index < -0.39 is 13.9 Å². The summed E-state index contributed by atoms with van der Waals surface area (Å²) in [5.41, 5.74) is -0.523. The lowest BCUT2D eigenvalue weighted by Gasteiger charge is -2.42. The van der Waals surface area contributed by atoms with Crippen molar-refractivity contribution in [3.63, 3.8) is 0 Å². The van der Waals surface area contributed by atoms with Gasteiger partial charge in [-0.2, -0.15) is 0 Å². The van der Waals surface area contributed by atoms with E-state index in [4.69, 9.17) is 10.8 Å². The van der Waals surface area contributed by atoms with Crippen LogP contribution in [0.4, 0.5) is 0 Å². The van der Waals surface area contributed by atoms with E-state index in [9.17, 15) is 4.79 Å². The van der Waals surface area contributed by atoms with Gasteiger partial charge in [0.2, 0.25) is 0 Å². The monoisotopic (exact) mass is 294 g/mol. The van der Waals surface area contributed by atoms with Crippen LogP contribution in [0.5, 0.6) is 0 Å². The van der Waals surface area contributed by atoms with Gasteiger partial charge < -0.3 is 4.43 Å². The Labute approximate surface area is 125 Å². The Kier molecular flexibility index (Phi) is 6.48. The number of Topliss-reactive ketones (excluding diaryl/α,β-unsaturated/α-hetero) is 1. The summed E-state index contributed by atoms with van der Waals surface area (Å²) in [6, 6.07) is 3.28. The molecular formula is C17H30O2Si. The Hall–Kier alpha value is -0.593. The van der Waals surface area contributed by atoms with Crippen molar-refractivity contribution in [2.24, 2.45) is 5.92 Å². The average molecular weight is 295 g/mol. The zero-order valence-corrected chi connectivity index (χ0v) is 14.6. The predicted octanol–water partition coefficient (Wildman–Crippen LogP) is 4.55. The molecular weight excluding hydrogens is 264 g/mol. The molecule has 114 valence electrons. The lowest BCUT2D eigenvalue weighted by molar-refractivity contribution is -0.135. The molecule has 2 nitrogen and oxygen atoms in total. The SMILES string of the molecule is C#CCCC[C@@]1(O[Si](CC)(CC)CC)C(=O)CC[C@@H]1C. The Morgan fingerprint density at radius 1 is 1.35 bits per heavy atom. The van der Waals surface area contributed by atoms with Crippen molar-refractivity contribution in [1.29, 1.82) is 0 Å². The molecule has 1 fully saturated rings. The number of terminal acetylenes is 1. The van der Waals surface area contributed by atoms with Crippen molar-refractivity contribution in [3.8, 4) is 12.3 Å². The molecule has 0 radical (unpaired) electrons. The summed E-state index contributed by atoms with van der Waals surface area (Å²) in [4.78, 5) is 12.6. The van der Waals surface area contributed by atoms with Crippen LogP contribution in [0.15, 0.2) is 0 Å². The molecule has 1 saturated carbocycles. The van der Waals surface area contributed by atoms with E-state index in [1.165, 1.54) is 0 Å². The molecule has 20 heavy (non-hydrogen) atoms. The van der Waals surface area contributed by atoms with E-state index in [1.807, 2.05) is 0 Å². The molecule has 0 amide bonds. The van der Waals surface area contributed by atoms with Crippen molar-refractivity contribution < 1.29 is 9.22 Å². The second-order valence-corrected chi connectivity index (χ2v) is 10.8. The van der Waals surface area contributed by atoms with Crippen molar-refractivity contribution in [3.05, 3.63) is 0 Å². The highest BCUT2D eigenvalue weighted by atomic mass is 28.4. The summed E-state index contributed by atoms with van der Waals surface area (Å²) < 4.78 is 6.73. The summed E-state index contributed by atoms with van der Waals surface area (Å²) in [5, 5.41) is 0. The van der Waals surface area contributed by atoms with Gasteiger partial charge in [0.1, 0.15) is 5.60 Å². The van der Waals surface area contributed by atoms with Crippen molar-refractivity contribution in [1.82, 2.24) is 0 Å². The topological polar surface area (TPSA) is 26.3 Å². The van der Waals surface area contributed by atoms with Crippen molar-refractivity contribution in [2.75, 3.05) is 0 Å². The fraction of sp³-hybridized carbons (Fsp3) is 0.824. The van der Waals surface area contributed by atoms with E-state index in [0.717, 1.165) is 43.8 Å². The molecule has 3 heteroatoms. The first kappa shape index (κ1) is 17.5. The maximum absolute atomic E-state index is 12.6. The quantitative estimate of drug-likeness (QED) is 0.373. The molecule has 1 aliphatic rings. The predicted molar refractivity (Wildman–Crippen MR) is 87.1 cm³/mol. The van der Waals surface area contributed by atoms with Crippen molar-refractivity contribution in [2.45, 2.75) is 83.5 Å². The first-order valence-corrected chi connectivity index (χ1v) is 10.7. The molecule has 0 unspecified atom stereocenters. The summed E-state index contributed by atoms with van der Waals surface area (Å²) >= 11 is 0. The number of carbonyl (C=O) groups is 1. The Morgan fingerprint density at radius 2 is 1.95 bits per heavy atom. The maximum atomic E-state index is 12.6. The summed E-state index contributed by atoms with van der Waals surface area (Å²) in [6.07, 6.45) is 9.46. The first-order chi connectivity index (χ1) is 9.50. The minimum absolute atomic E-state index is 0.328. The highest BCUT2D eigenvalue weighted by Crippen LogP contribution is 2.43. The van der Waals surface area contributed by atoms with Crippen LogP contribution in [0.25, 0.3) is 0 Å². The van der Waals surface area contributed by atoms with E-state index in [1.54, 1.807) is 0 Å². The molecule has 0 spiro atoms. The molecule has 2 atom stereocenters. The second-order valence-electron chi connectivity index (χ2n) is 6.16. The fourth-order valence-corrected chi connectivity index (χ4v) is 6.59.